The number of alkyl halides is 2. The molecule has 1 aromatic rings. The summed E-state index contributed by atoms with van der Waals surface area (Å²) in [4.78, 5) is 12.8. The quantitative estimate of drug-likeness (QED) is 0.409. The van der Waals surface area contributed by atoms with Crippen LogP contribution in [0.4, 0.5) is 17.6 Å². The SMILES string of the molecule is O=Cc1nc(F)c(F)cc1C(F)F. The van der Waals surface area contributed by atoms with Gasteiger partial charge in [-0.05, 0) is 6.07 Å². The van der Waals surface area contributed by atoms with Crippen molar-refractivity contribution in [2.24, 2.45) is 0 Å². The number of carbonyl (C=O) groups is 1. The summed E-state index contributed by atoms with van der Waals surface area (Å²) in [6, 6.07) is 0.261. The summed E-state index contributed by atoms with van der Waals surface area (Å²) in [5.41, 5.74) is -1.69. The first kappa shape index (κ1) is 9.63. The van der Waals surface area contributed by atoms with E-state index in [-0.39, 0.29) is 12.4 Å². The number of hydrogen-bond acceptors (Lipinski definition) is 2. The third-order valence-corrected chi connectivity index (χ3v) is 1.34. The second-order valence-corrected chi connectivity index (χ2v) is 2.15. The molecule has 2 nitrogen and oxygen atoms in total. The van der Waals surface area contributed by atoms with Gasteiger partial charge in [-0.1, -0.05) is 0 Å². The van der Waals surface area contributed by atoms with E-state index in [2.05, 4.69) is 4.98 Å². The van der Waals surface area contributed by atoms with Crippen molar-refractivity contribution in [1.82, 2.24) is 4.98 Å². The second kappa shape index (κ2) is 3.51. The number of pyridine rings is 1. The summed E-state index contributed by atoms with van der Waals surface area (Å²) in [6.45, 7) is 0. The van der Waals surface area contributed by atoms with Gasteiger partial charge in [-0.15, -0.1) is 0 Å². The lowest BCUT2D eigenvalue weighted by atomic mass is 10.2. The maximum Gasteiger partial charge on any atom is 0.266 e. The Hall–Kier alpha value is -1.46. The highest BCUT2D eigenvalue weighted by Crippen LogP contribution is 2.22. The van der Waals surface area contributed by atoms with Gasteiger partial charge in [0, 0.05) is 5.56 Å². The summed E-state index contributed by atoms with van der Waals surface area (Å²) in [5, 5.41) is 0. The normalized spacial score (nSPS) is 10.5. The zero-order valence-electron chi connectivity index (χ0n) is 6.10. The molecule has 0 fully saturated rings. The van der Waals surface area contributed by atoms with Gasteiger partial charge in [0.25, 0.3) is 6.43 Å². The average molecular weight is 193 g/mol. The van der Waals surface area contributed by atoms with E-state index in [4.69, 9.17) is 0 Å². The number of carbonyl (C=O) groups excluding carboxylic acids is 1. The Kier molecular flexibility index (Phi) is 2.60. The lowest BCUT2D eigenvalue weighted by Crippen LogP contribution is -2.02. The van der Waals surface area contributed by atoms with E-state index in [9.17, 15) is 22.4 Å². The van der Waals surface area contributed by atoms with E-state index in [1.54, 1.807) is 0 Å². The molecule has 0 aromatic carbocycles. The summed E-state index contributed by atoms with van der Waals surface area (Å²) < 4.78 is 48.8. The molecule has 0 radical (unpaired) electrons. The van der Waals surface area contributed by atoms with Crippen LogP contribution in [0.2, 0.25) is 0 Å². The molecule has 0 aliphatic heterocycles. The van der Waals surface area contributed by atoms with E-state index in [0.717, 1.165) is 0 Å². The minimum atomic E-state index is -3.05. The smallest absolute Gasteiger partial charge is 0.266 e. The second-order valence-electron chi connectivity index (χ2n) is 2.15. The summed E-state index contributed by atoms with van der Waals surface area (Å²) >= 11 is 0. The van der Waals surface area contributed by atoms with Gasteiger partial charge in [0.05, 0.1) is 0 Å². The largest absolute Gasteiger partial charge is 0.296 e. The molecule has 0 unspecified atom stereocenters. The number of halogens is 4. The van der Waals surface area contributed by atoms with E-state index >= 15 is 0 Å². The van der Waals surface area contributed by atoms with Gasteiger partial charge in [-0.25, -0.2) is 18.2 Å². The molecule has 0 aliphatic carbocycles. The predicted molar refractivity (Wildman–Crippen MR) is 34.5 cm³/mol. The molecule has 0 aliphatic rings. The number of nitrogens with zero attached hydrogens (tertiary/aromatic N) is 1. The summed E-state index contributed by atoms with van der Waals surface area (Å²) in [7, 11) is 0. The monoisotopic (exact) mass is 193 g/mol. The van der Waals surface area contributed by atoms with Crippen molar-refractivity contribution in [2.75, 3.05) is 0 Å². The average Bonchev–Trinajstić information content (AvgIpc) is 2.08. The van der Waals surface area contributed by atoms with Crippen molar-refractivity contribution in [2.45, 2.75) is 6.43 Å². The molecular formula is C7H3F4NO. The highest BCUT2D eigenvalue weighted by molar-refractivity contribution is 5.74. The first-order valence-electron chi connectivity index (χ1n) is 3.15. The molecule has 6 heteroatoms. The molecule has 1 heterocycles. The van der Waals surface area contributed by atoms with Crippen molar-refractivity contribution in [1.29, 1.82) is 0 Å². The molecule has 13 heavy (non-hydrogen) atoms. The Morgan fingerprint density at radius 2 is 2.00 bits per heavy atom. The van der Waals surface area contributed by atoms with Crippen LogP contribution in [0.15, 0.2) is 6.07 Å². The molecule has 0 amide bonds. The Bertz CT molecular complexity index is 340. The van der Waals surface area contributed by atoms with Crippen LogP contribution in [-0.2, 0) is 0 Å². The molecule has 0 N–H and O–H groups in total. The number of aromatic nitrogens is 1. The summed E-state index contributed by atoms with van der Waals surface area (Å²) in [5.74, 6) is -3.06. The van der Waals surface area contributed by atoms with Crippen LogP contribution in [0.3, 0.4) is 0 Å². The van der Waals surface area contributed by atoms with Gasteiger partial charge in [-0.2, -0.15) is 4.39 Å². The van der Waals surface area contributed by atoms with Gasteiger partial charge < -0.3 is 0 Å². The molecule has 0 saturated heterocycles. The Morgan fingerprint density at radius 1 is 1.38 bits per heavy atom. The van der Waals surface area contributed by atoms with Crippen LogP contribution in [0.5, 0.6) is 0 Å². The fourth-order valence-electron chi connectivity index (χ4n) is 0.763. The zero-order valence-corrected chi connectivity index (χ0v) is 6.10. The highest BCUT2D eigenvalue weighted by atomic mass is 19.3. The lowest BCUT2D eigenvalue weighted by molar-refractivity contribution is 0.110. The van der Waals surface area contributed by atoms with Crippen LogP contribution in [0, 0.1) is 11.8 Å². The van der Waals surface area contributed by atoms with E-state index in [1.165, 1.54) is 0 Å². The summed E-state index contributed by atoms with van der Waals surface area (Å²) in [6.07, 6.45) is -3.10. The Morgan fingerprint density at radius 3 is 2.46 bits per heavy atom. The van der Waals surface area contributed by atoms with Crippen molar-refractivity contribution in [3.63, 3.8) is 0 Å². The molecular weight excluding hydrogens is 190 g/mol. The predicted octanol–water partition coefficient (Wildman–Crippen LogP) is 2.11. The Labute approximate surface area is 70.2 Å². The van der Waals surface area contributed by atoms with Crippen LogP contribution in [0.25, 0.3) is 0 Å². The van der Waals surface area contributed by atoms with E-state index < -0.39 is 29.4 Å². The first-order valence-corrected chi connectivity index (χ1v) is 3.15. The third-order valence-electron chi connectivity index (χ3n) is 1.34. The number of aldehydes is 1. The number of rotatable bonds is 2. The van der Waals surface area contributed by atoms with Gasteiger partial charge in [0.15, 0.2) is 12.1 Å². The van der Waals surface area contributed by atoms with Gasteiger partial charge in [-0.3, -0.25) is 4.79 Å². The third kappa shape index (κ3) is 1.82. The van der Waals surface area contributed by atoms with Crippen LogP contribution in [0.1, 0.15) is 22.5 Å². The molecule has 1 rings (SSSR count). The number of hydrogen-bond donors (Lipinski definition) is 0. The van der Waals surface area contributed by atoms with Crippen LogP contribution < -0.4 is 0 Å². The maximum absolute atomic E-state index is 12.4. The molecule has 70 valence electrons. The van der Waals surface area contributed by atoms with Crippen molar-refractivity contribution >= 4 is 6.29 Å². The minimum absolute atomic E-state index is 0.0516. The van der Waals surface area contributed by atoms with E-state index in [1.807, 2.05) is 0 Å². The zero-order chi connectivity index (χ0) is 10.0. The minimum Gasteiger partial charge on any atom is -0.296 e. The fourth-order valence-corrected chi connectivity index (χ4v) is 0.763. The molecule has 0 saturated carbocycles. The topological polar surface area (TPSA) is 30.0 Å². The van der Waals surface area contributed by atoms with Crippen molar-refractivity contribution in [3.05, 3.63) is 29.1 Å². The fraction of sp³-hybridized carbons (Fsp3) is 0.143. The van der Waals surface area contributed by atoms with Crippen molar-refractivity contribution in [3.8, 4) is 0 Å². The maximum atomic E-state index is 12.4. The molecule has 1 aromatic heterocycles. The van der Waals surface area contributed by atoms with Crippen molar-refractivity contribution < 1.29 is 22.4 Å². The van der Waals surface area contributed by atoms with Crippen LogP contribution >= 0.6 is 0 Å². The van der Waals surface area contributed by atoms with Gasteiger partial charge >= 0.3 is 0 Å². The van der Waals surface area contributed by atoms with Gasteiger partial charge in [0.1, 0.15) is 5.69 Å². The first-order chi connectivity index (χ1) is 6.06. The van der Waals surface area contributed by atoms with Crippen LogP contribution in [-0.4, -0.2) is 11.3 Å². The van der Waals surface area contributed by atoms with Gasteiger partial charge in [0.2, 0.25) is 5.95 Å². The standard InChI is InChI=1S/C7H3F4NO/c8-4-1-3(6(9)10)5(2-13)12-7(4)11/h1-2,6H. The Balaban J connectivity index is 3.32. The molecule has 0 bridgehead atoms. The highest BCUT2D eigenvalue weighted by Gasteiger charge is 2.17. The molecule has 0 atom stereocenters. The van der Waals surface area contributed by atoms with E-state index in [0.29, 0.717) is 0 Å². The molecule has 0 spiro atoms. The lowest BCUT2D eigenvalue weighted by Gasteiger charge is -2.02.